The van der Waals surface area contributed by atoms with Crippen molar-refractivity contribution in [1.29, 1.82) is 0 Å². The number of fused-ring (bicyclic) bond motifs is 1. The Morgan fingerprint density at radius 1 is 1.17 bits per heavy atom. The Morgan fingerprint density at radius 3 is 2.52 bits per heavy atom. The Hall–Kier alpha value is -3.27. The third-order valence-corrected chi connectivity index (χ3v) is 5.96. The van der Waals surface area contributed by atoms with E-state index in [4.69, 9.17) is 14.2 Å². The monoisotopic (exact) mass is 420 g/mol. The van der Waals surface area contributed by atoms with Gasteiger partial charge in [0.1, 0.15) is 5.75 Å². The van der Waals surface area contributed by atoms with Crippen molar-refractivity contribution in [3.05, 3.63) is 48.5 Å². The zero-order valence-corrected chi connectivity index (χ0v) is 16.6. The summed E-state index contributed by atoms with van der Waals surface area (Å²) in [6.45, 7) is 1.67. The predicted molar refractivity (Wildman–Crippen MR) is 104 cm³/mol. The highest BCUT2D eigenvalue weighted by atomic mass is 32.2. The van der Waals surface area contributed by atoms with Crippen molar-refractivity contribution in [1.82, 2.24) is 0 Å². The molecule has 1 heterocycles. The van der Waals surface area contributed by atoms with E-state index < -0.39 is 28.2 Å². The molecular formula is C19H20N2O7S. The second-order valence-corrected chi connectivity index (χ2v) is 7.87. The van der Waals surface area contributed by atoms with E-state index >= 15 is 0 Å². The fourth-order valence-corrected chi connectivity index (χ4v) is 4.28. The Labute approximate surface area is 168 Å². The lowest BCUT2D eigenvalue weighted by Gasteiger charge is -2.34. The zero-order chi connectivity index (χ0) is 21.0. The molecule has 1 atom stereocenters. The van der Waals surface area contributed by atoms with Gasteiger partial charge in [-0.3, -0.25) is 9.62 Å². The fraction of sp³-hybridized carbons (Fsp3) is 0.263. The molecule has 9 nitrogen and oxygen atoms in total. The number of methoxy groups -OCH3 is 1. The summed E-state index contributed by atoms with van der Waals surface area (Å²) in [5.41, 5.74) is 0.707. The minimum atomic E-state index is -4.00. The minimum Gasteiger partial charge on any atom is -0.475 e. The molecule has 3 rings (SSSR count). The van der Waals surface area contributed by atoms with Gasteiger partial charge in [-0.25, -0.2) is 18.0 Å². The van der Waals surface area contributed by atoms with Gasteiger partial charge < -0.3 is 14.2 Å². The van der Waals surface area contributed by atoms with Gasteiger partial charge in [0.15, 0.2) is 0 Å². The van der Waals surface area contributed by atoms with E-state index in [0.717, 1.165) is 4.31 Å². The molecule has 0 unspecified atom stereocenters. The maximum absolute atomic E-state index is 13.2. The molecule has 29 heavy (non-hydrogen) atoms. The topological polar surface area (TPSA) is 111 Å². The van der Waals surface area contributed by atoms with E-state index in [-0.39, 0.29) is 23.8 Å². The van der Waals surface area contributed by atoms with Crippen LogP contribution in [0.25, 0.3) is 0 Å². The summed E-state index contributed by atoms with van der Waals surface area (Å²) in [6.07, 6.45) is -1.72. The molecule has 154 valence electrons. The number of amides is 1. The highest BCUT2D eigenvalue weighted by Gasteiger charge is 2.37. The standard InChI is InChI=1S/C19H20N2O7S/c1-3-27-19(23)20-13-8-10-14(11-9-13)29(24,25)21-12-17(18(22)26-2)28-16-7-5-4-6-15(16)21/h4-11,17H,3,12H2,1-2H3,(H,20,23)/t17-/m0/s1. The van der Waals surface area contributed by atoms with Crippen molar-refractivity contribution in [2.45, 2.75) is 17.9 Å². The molecule has 1 aliphatic rings. The van der Waals surface area contributed by atoms with Gasteiger partial charge in [-0.15, -0.1) is 0 Å². The summed E-state index contributed by atoms with van der Waals surface area (Å²) >= 11 is 0. The molecule has 1 aliphatic heterocycles. The summed E-state index contributed by atoms with van der Waals surface area (Å²) in [5, 5.41) is 2.50. The van der Waals surface area contributed by atoms with E-state index in [1.807, 2.05) is 0 Å². The normalized spacial score (nSPS) is 15.7. The maximum Gasteiger partial charge on any atom is 0.411 e. The Morgan fingerprint density at radius 2 is 1.86 bits per heavy atom. The molecule has 1 amide bonds. The molecule has 1 N–H and O–H groups in total. The van der Waals surface area contributed by atoms with Crippen LogP contribution in [-0.2, 0) is 24.3 Å². The third-order valence-electron chi connectivity index (χ3n) is 4.16. The molecular weight excluding hydrogens is 400 g/mol. The van der Waals surface area contributed by atoms with Gasteiger partial charge in [0, 0.05) is 5.69 Å². The number of carbonyl (C=O) groups excluding carboxylic acids is 2. The minimum absolute atomic E-state index is 0.00720. The highest BCUT2D eigenvalue weighted by molar-refractivity contribution is 7.92. The van der Waals surface area contributed by atoms with Crippen LogP contribution in [-0.4, -0.2) is 46.8 Å². The Balaban J connectivity index is 1.91. The number of ether oxygens (including phenoxy) is 3. The average molecular weight is 420 g/mol. The fourth-order valence-electron chi connectivity index (χ4n) is 2.81. The van der Waals surface area contributed by atoms with Crippen LogP contribution in [0.15, 0.2) is 53.4 Å². The zero-order valence-electron chi connectivity index (χ0n) is 15.8. The van der Waals surface area contributed by atoms with Crippen LogP contribution in [0.5, 0.6) is 5.75 Å². The van der Waals surface area contributed by atoms with Gasteiger partial charge in [-0.05, 0) is 43.3 Å². The van der Waals surface area contributed by atoms with E-state index in [1.165, 1.54) is 31.4 Å². The van der Waals surface area contributed by atoms with Crippen LogP contribution < -0.4 is 14.4 Å². The van der Waals surface area contributed by atoms with Gasteiger partial charge in [0.25, 0.3) is 10.0 Å². The molecule has 0 saturated carbocycles. The van der Waals surface area contributed by atoms with Crippen molar-refractivity contribution in [2.24, 2.45) is 0 Å². The first kappa shape index (κ1) is 20.5. The number of para-hydroxylation sites is 2. The molecule has 0 aromatic heterocycles. The lowest BCUT2D eigenvalue weighted by atomic mass is 10.2. The van der Waals surface area contributed by atoms with Crippen molar-refractivity contribution in [2.75, 3.05) is 29.9 Å². The molecule has 0 aliphatic carbocycles. The summed E-state index contributed by atoms with van der Waals surface area (Å²) in [5.74, 6) is -0.410. The molecule has 0 radical (unpaired) electrons. The van der Waals surface area contributed by atoms with E-state index in [9.17, 15) is 18.0 Å². The van der Waals surface area contributed by atoms with Crippen molar-refractivity contribution in [3.63, 3.8) is 0 Å². The summed E-state index contributed by atoms with van der Waals surface area (Å²) in [6, 6.07) is 12.2. The van der Waals surface area contributed by atoms with Crippen LogP contribution in [0.3, 0.4) is 0 Å². The largest absolute Gasteiger partial charge is 0.475 e. The number of nitrogens with zero attached hydrogens (tertiary/aromatic N) is 1. The molecule has 0 saturated heterocycles. The maximum atomic E-state index is 13.2. The number of benzene rings is 2. The van der Waals surface area contributed by atoms with Crippen LogP contribution >= 0.6 is 0 Å². The highest BCUT2D eigenvalue weighted by Crippen LogP contribution is 2.37. The smallest absolute Gasteiger partial charge is 0.411 e. The predicted octanol–water partition coefficient (Wildman–Crippen LogP) is 2.38. The molecule has 10 heteroatoms. The number of carbonyl (C=O) groups is 2. The molecule has 0 fully saturated rings. The number of rotatable bonds is 5. The lowest BCUT2D eigenvalue weighted by Crippen LogP contribution is -2.47. The number of hydrogen-bond acceptors (Lipinski definition) is 7. The van der Waals surface area contributed by atoms with E-state index in [1.54, 1.807) is 31.2 Å². The number of nitrogens with one attached hydrogen (secondary N) is 1. The third kappa shape index (κ3) is 4.27. The first-order chi connectivity index (χ1) is 13.9. The van der Waals surface area contributed by atoms with Gasteiger partial charge in [-0.1, -0.05) is 12.1 Å². The van der Waals surface area contributed by atoms with Crippen LogP contribution in [0.4, 0.5) is 16.2 Å². The number of anilines is 2. The molecule has 0 bridgehead atoms. The second-order valence-electron chi connectivity index (χ2n) is 6.00. The number of sulfonamides is 1. The van der Waals surface area contributed by atoms with Gasteiger partial charge in [0.05, 0.1) is 30.8 Å². The van der Waals surface area contributed by atoms with Gasteiger partial charge in [-0.2, -0.15) is 0 Å². The van der Waals surface area contributed by atoms with Gasteiger partial charge >= 0.3 is 12.1 Å². The van der Waals surface area contributed by atoms with Crippen molar-refractivity contribution >= 4 is 33.5 Å². The van der Waals surface area contributed by atoms with E-state index in [2.05, 4.69) is 5.32 Å². The van der Waals surface area contributed by atoms with Gasteiger partial charge in [0.2, 0.25) is 6.10 Å². The van der Waals surface area contributed by atoms with Crippen LogP contribution in [0.1, 0.15) is 6.92 Å². The number of hydrogen-bond donors (Lipinski definition) is 1. The lowest BCUT2D eigenvalue weighted by molar-refractivity contribution is -0.148. The van der Waals surface area contributed by atoms with E-state index in [0.29, 0.717) is 11.4 Å². The van der Waals surface area contributed by atoms with Crippen molar-refractivity contribution < 1.29 is 32.2 Å². The Bertz CT molecular complexity index is 1010. The summed E-state index contributed by atoms with van der Waals surface area (Å²) in [7, 11) is -2.80. The first-order valence-electron chi connectivity index (χ1n) is 8.77. The average Bonchev–Trinajstić information content (AvgIpc) is 2.72. The summed E-state index contributed by atoms with van der Waals surface area (Å²) in [4.78, 5) is 23.4. The Kier molecular flexibility index (Phi) is 5.92. The molecule has 2 aromatic rings. The summed E-state index contributed by atoms with van der Waals surface area (Å²) < 4.78 is 42.7. The second kappa shape index (κ2) is 8.39. The SMILES string of the molecule is CCOC(=O)Nc1ccc(S(=O)(=O)N2C[C@@H](C(=O)OC)Oc3ccccc32)cc1. The molecule has 2 aromatic carbocycles. The molecule has 0 spiro atoms. The van der Waals surface area contributed by atoms with Crippen molar-refractivity contribution in [3.8, 4) is 5.75 Å². The first-order valence-corrected chi connectivity index (χ1v) is 10.2. The quantitative estimate of drug-likeness (QED) is 0.739. The van der Waals surface area contributed by atoms with Crippen LogP contribution in [0.2, 0.25) is 0 Å². The van der Waals surface area contributed by atoms with Crippen LogP contribution in [0, 0.1) is 0 Å². The number of esters is 1.